The van der Waals surface area contributed by atoms with E-state index in [1.54, 1.807) is 19.2 Å². The lowest BCUT2D eigenvalue weighted by molar-refractivity contribution is -0.143. The van der Waals surface area contributed by atoms with Gasteiger partial charge in [0.2, 0.25) is 11.8 Å². The molecule has 1 fully saturated rings. The highest BCUT2D eigenvalue weighted by Crippen LogP contribution is 2.40. The van der Waals surface area contributed by atoms with E-state index in [1.807, 2.05) is 29.2 Å². The maximum Gasteiger partial charge on any atom is 0.225 e. The maximum atomic E-state index is 13.2. The van der Waals surface area contributed by atoms with Crippen LogP contribution < -0.4 is 10.1 Å². The minimum Gasteiger partial charge on any atom is -0.496 e. The molecule has 2 aromatic carbocycles. The normalized spacial score (nSPS) is 18.7. The molecule has 3 rings (SSSR count). The lowest BCUT2D eigenvalue weighted by atomic mass is 9.83. The van der Waals surface area contributed by atoms with Gasteiger partial charge in [0.25, 0.3) is 0 Å². The van der Waals surface area contributed by atoms with Gasteiger partial charge in [-0.1, -0.05) is 43.7 Å². The summed E-state index contributed by atoms with van der Waals surface area (Å²) in [6.07, 6.45) is 3.35. The van der Waals surface area contributed by atoms with Gasteiger partial charge in [-0.05, 0) is 43.0 Å². The second-order valence-electron chi connectivity index (χ2n) is 7.94. The van der Waals surface area contributed by atoms with E-state index in [-0.39, 0.29) is 29.6 Å². The van der Waals surface area contributed by atoms with Gasteiger partial charge in [0.1, 0.15) is 11.6 Å². The molecule has 1 heterocycles. The first kappa shape index (κ1) is 22.8. The Morgan fingerprint density at radius 2 is 1.94 bits per heavy atom. The average molecular weight is 427 g/mol. The molecule has 0 spiro atoms. The van der Waals surface area contributed by atoms with Crippen molar-refractivity contribution in [3.8, 4) is 5.75 Å². The van der Waals surface area contributed by atoms with Crippen LogP contribution in [-0.4, -0.2) is 36.9 Å². The molecule has 6 heteroatoms. The fourth-order valence-corrected chi connectivity index (χ4v) is 4.23. The molecule has 31 heavy (non-hydrogen) atoms. The lowest BCUT2D eigenvalue weighted by Gasteiger charge is -2.41. The molecule has 2 atom stereocenters. The van der Waals surface area contributed by atoms with Crippen LogP contribution in [0.2, 0.25) is 0 Å². The van der Waals surface area contributed by atoms with Crippen molar-refractivity contribution in [2.45, 2.75) is 45.1 Å². The van der Waals surface area contributed by atoms with E-state index in [0.29, 0.717) is 38.1 Å². The van der Waals surface area contributed by atoms with Crippen molar-refractivity contribution in [3.05, 3.63) is 65.5 Å². The summed E-state index contributed by atoms with van der Waals surface area (Å²) in [5.41, 5.74) is 1.83. The molecule has 2 amide bonds. The Morgan fingerprint density at radius 3 is 2.65 bits per heavy atom. The molecule has 2 aromatic rings. The summed E-state index contributed by atoms with van der Waals surface area (Å²) in [5.74, 6) is 0.0881. The summed E-state index contributed by atoms with van der Waals surface area (Å²) in [7, 11) is 1.61. The highest BCUT2D eigenvalue weighted by molar-refractivity contribution is 5.85. The van der Waals surface area contributed by atoms with E-state index < -0.39 is 0 Å². The standard InChI is InChI=1S/C25H31FN2O3/c1-3-4-17-28-23(29)14-13-21(24(28)20-7-5-6-8-22(20)31-2)25(30)27-16-15-18-9-11-19(26)12-10-18/h5-12,21,24H,3-4,13-17H2,1-2H3,(H,27,30)/t21-,24+/m1/s1. The zero-order valence-electron chi connectivity index (χ0n) is 18.3. The Hall–Kier alpha value is -2.89. The number of piperidine rings is 1. The largest absolute Gasteiger partial charge is 0.496 e. The molecule has 1 N–H and O–H groups in total. The van der Waals surface area contributed by atoms with Crippen molar-refractivity contribution in [2.75, 3.05) is 20.2 Å². The van der Waals surface area contributed by atoms with Crippen molar-refractivity contribution in [1.82, 2.24) is 10.2 Å². The van der Waals surface area contributed by atoms with E-state index >= 15 is 0 Å². The number of amides is 2. The number of methoxy groups -OCH3 is 1. The van der Waals surface area contributed by atoms with E-state index in [2.05, 4.69) is 12.2 Å². The Balaban J connectivity index is 1.78. The number of likely N-dealkylation sites (tertiary alicyclic amines) is 1. The monoisotopic (exact) mass is 426 g/mol. The van der Waals surface area contributed by atoms with Crippen LogP contribution in [0, 0.1) is 11.7 Å². The fourth-order valence-electron chi connectivity index (χ4n) is 4.23. The number of ether oxygens (including phenoxy) is 1. The smallest absolute Gasteiger partial charge is 0.225 e. The van der Waals surface area contributed by atoms with Gasteiger partial charge < -0.3 is 15.0 Å². The van der Waals surface area contributed by atoms with Gasteiger partial charge in [-0.2, -0.15) is 0 Å². The van der Waals surface area contributed by atoms with Crippen LogP contribution in [0.5, 0.6) is 5.75 Å². The number of hydrogen-bond donors (Lipinski definition) is 1. The molecule has 1 aliphatic rings. The topological polar surface area (TPSA) is 58.6 Å². The Labute approximate surface area is 183 Å². The van der Waals surface area contributed by atoms with Gasteiger partial charge in [0, 0.05) is 25.1 Å². The molecule has 0 bridgehead atoms. The molecule has 5 nitrogen and oxygen atoms in total. The Kier molecular flexibility index (Phi) is 8.04. The molecule has 0 aromatic heterocycles. The van der Waals surface area contributed by atoms with Crippen LogP contribution in [-0.2, 0) is 16.0 Å². The first-order chi connectivity index (χ1) is 15.0. The van der Waals surface area contributed by atoms with E-state index in [1.165, 1.54) is 12.1 Å². The van der Waals surface area contributed by atoms with Gasteiger partial charge in [-0.15, -0.1) is 0 Å². The molecular weight excluding hydrogens is 395 g/mol. The van der Waals surface area contributed by atoms with Crippen LogP contribution >= 0.6 is 0 Å². The first-order valence-corrected chi connectivity index (χ1v) is 11.0. The molecule has 1 aliphatic heterocycles. The number of benzene rings is 2. The molecule has 1 saturated heterocycles. The summed E-state index contributed by atoms with van der Waals surface area (Å²) in [6.45, 7) is 3.17. The zero-order chi connectivity index (χ0) is 22.2. The predicted octanol–water partition coefficient (Wildman–Crippen LogP) is 4.27. The van der Waals surface area contributed by atoms with Gasteiger partial charge in [0.15, 0.2) is 0 Å². The number of rotatable bonds is 9. The molecule has 0 saturated carbocycles. The summed E-state index contributed by atoms with van der Waals surface area (Å²) < 4.78 is 18.7. The van der Waals surface area contributed by atoms with E-state index in [4.69, 9.17) is 4.74 Å². The van der Waals surface area contributed by atoms with Crippen LogP contribution in [0.4, 0.5) is 4.39 Å². The number of unbranched alkanes of at least 4 members (excludes halogenated alkanes) is 1. The van der Waals surface area contributed by atoms with Crippen molar-refractivity contribution in [1.29, 1.82) is 0 Å². The lowest BCUT2D eigenvalue weighted by Crippen LogP contribution is -2.48. The molecule has 0 radical (unpaired) electrons. The van der Waals surface area contributed by atoms with Crippen LogP contribution in [0.1, 0.15) is 49.8 Å². The number of nitrogens with zero attached hydrogens (tertiary/aromatic N) is 1. The van der Waals surface area contributed by atoms with Gasteiger partial charge in [-0.25, -0.2) is 4.39 Å². The number of para-hydroxylation sites is 1. The second-order valence-corrected chi connectivity index (χ2v) is 7.94. The third kappa shape index (κ3) is 5.63. The third-order valence-corrected chi connectivity index (χ3v) is 5.88. The van der Waals surface area contributed by atoms with Crippen molar-refractivity contribution < 1.29 is 18.7 Å². The van der Waals surface area contributed by atoms with Crippen molar-refractivity contribution in [2.24, 2.45) is 5.92 Å². The summed E-state index contributed by atoms with van der Waals surface area (Å²) in [6, 6.07) is 13.6. The van der Waals surface area contributed by atoms with Gasteiger partial charge in [0.05, 0.1) is 19.1 Å². The predicted molar refractivity (Wildman–Crippen MR) is 118 cm³/mol. The quantitative estimate of drug-likeness (QED) is 0.651. The van der Waals surface area contributed by atoms with E-state index in [0.717, 1.165) is 24.0 Å². The average Bonchev–Trinajstić information content (AvgIpc) is 2.79. The molecule has 0 unspecified atom stereocenters. The number of carbonyl (C=O) groups is 2. The van der Waals surface area contributed by atoms with Crippen molar-refractivity contribution in [3.63, 3.8) is 0 Å². The highest BCUT2D eigenvalue weighted by atomic mass is 19.1. The molecular formula is C25H31FN2O3. The Bertz CT molecular complexity index is 885. The van der Waals surface area contributed by atoms with Gasteiger partial charge >= 0.3 is 0 Å². The number of hydrogen-bond acceptors (Lipinski definition) is 3. The zero-order valence-corrected chi connectivity index (χ0v) is 18.3. The second kappa shape index (κ2) is 10.9. The first-order valence-electron chi connectivity index (χ1n) is 11.0. The maximum absolute atomic E-state index is 13.2. The van der Waals surface area contributed by atoms with Crippen molar-refractivity contribution >= 4 is 11.8 Å². The summed E-state index contributed by atoms with van der Waals surface area (Å²) in [5, 5.41) is 3.03. The summed E-state index contributed by atoms with van der Waals surface area (Å²) in [4.78, 5) is 27.9. The van der Waals surface area contributed by atoms with Crippen LogP contribution in [0.3, 0.4) is 0 Å². The number of halogens is 1. The highest BCUT2D eigenvalue weighted by Gasteiger charge is 2.41. The van der Waals surface area contributed by atoms with E-state index in [9.17, 15) is 14.0 Å². The number of nitrogens with one attached hydrogen (secondary N) is 1. The van der Waals surface area contributed by atoms with Crippen LogP contribution in [0.25, 0.3) is 0 Å². The molecule has 0 aliphatic carbocycles. The summed E-state index contributed by atoms with van der Waals surface area (Å²) >= 11 is 0. The third-order valence-electron chi connectivity index (χ3n) is 5.88. The Morgan fingerprint density at radius 1 is 1.19 bits per heavy atom. The minimum absolute atomic E-state index is 0.0629. The van der Waals surface area contributed by atoms with Gasteiger partial charge in [-0.3, -0.25) is 9.59 Å². The molecule has 166 valence electrons. The fraction of sp³-hybridized carbons (Fsp3) is 0.440. The SMILES string of the molecule is CCCCN1C(=O)CC[C@@H](C(=O)NCCc2ccc(F)cc2)[C@@H]1c1ccccc1OC. The van der Waals surface area contributed by atoms with Crippen LogP contribution in [0.15, 0.2) is 48.5 Å². The number of carbonyl (C=O) groups excluding carboxylic acids is 2. The minimum atomic E-state index is -0.352.